The van der Waals surface area contributed by atoms with E-state index in [2.05, 4.69) is 20.6 Å². The molecule has 1 heterocycles. The van der Waals surface area contributed by atoms with Gasteiger partial charge in [-0.2, -0.15) is 10.2 Å². The normalized spacial score (nSPS) is 9.90. The molecule has 0 unspecified atom stereocenters. The molecule has 102 valence electrons. The van der Waals surface area contributed by atoms with Crippen molar-refractivity contribution in [3.05, 3.63) is 40.8 Å². The standard InChI is InChI=1S/C13H11ClFN5/c1-2-17-13-18-7-10(14)12(20-13)19-11-4-3-9(15)5-8(11)6-16/h3-5,7H,2H2,1H3,(H2,17,18,19,20). The van der Waals surface area contributed by atoms with E-state index >= 15 is 0 Å². The molecule has 20 heavy (non-hydrogen) atoms. The van der Waals surface area contributed by atoms with Gasteiger partial charge in [0.05, 0.1) is 17.4 Å². The number of hydrogen-bond donors (Lipinski definition) is 2. The number of anilines is 3. The Morgan fingerprint density at radius 2 is 2.25 bits per heavy atom. The van der Waals surface area contributed by atoms with E-state index in [1.807, 2.05) is 13.0 Å². The number of nitrogens with one attached hydrogen (secondary N) is 2. The summed E-state index contributed by atoms with van der Waals surface area (Å²) in [5, 5.41) is 15.2. The highest BCUT2D eigenvalue weighted by atomic mass is 35.5. The van der Waals surface area contributed by atoms with Crippen LogP contribution in [-0.2, 0) is 0 Å². The van der Waals surface area contributed by atoms with Crippen LogP contribution >= 0.6 is 11.6 Å². The molecule has 7 heteroatoms. The van der Waals surface area contributed by atoms with Gasteiger partial charge < -0.3 is 10.6 Å². The van der Waals surface area contributed by atoms with Crippen molar-refractivity contribution >= 4 is 29.1 Å². The van der Waals surface area contributed by atoms with Crippen molar-refractivity contribution in [2.24, 2.45) is 0 Å². The van der Waals surface area contributed by atoms with Gasteiger partial charge in [-0.05, 0) is 25.1 Å². The van der Waals surface area contributed by atoms with Crippen LogP contribution in [0.15, 0.2) is 24.4 Å². The Bertz CT molecular complexity index is 668. The highest BCUT2D eigenvalue weighted by molar-refractivity contribution is 6.32. The number of rotatable bonds is 4. The second-order valence-corrected chi connectivity index (χ2v) is 4.25. The molecule has 5 nitrogen and oxygen atoms in total. The Labute approximate surface area is 120 Å². The van der Waals surface area contributed by atoms with E-state index in [-0.39, 0.29) is 5.56 Å². The molecule has 0 aliphatic carbocycles. The lowest BCUT2D eigenvalue weighted by Crippen LogP contribution is -2.05. The van der Waals surface area contributed by atoms with E-state index in [0.29, 0.717) is 29.0 Å². The molecule has 2 aromatic rings. The summed E-state index contributed by atoms with van der Waals surface area (Å²) in [6.07, 6.45) is 1.45. The van der Waals surface area contributed by atoms with Crippen molar-refractivity contribution in [1.29, 1.82) is 5.26 Å². The van der Waals surface area contributed by atoms with Gasteiger partial charge in [0.1, 0.15) is 16.9 Å². The van der Waals surface area contributed by atoms with Gasteiger partial charge in [0.2, 0.25) is 5.95 Å². The molecule has 1 aromatic carbocycles. The van der Waals surface area contributed by atoms with E-state index in [4.69, 9.17) is 16.9 Å². The Morgan fingerprint density at radius 1 is 1.45 bits per heavy atom. The molecule has 0 saturated carbocycles. The summed E-state index contributed by atoms with van der Waals surface area (Å²) in [4.78, 5) is 8.19. The zero-order chi connectivity index (χ0) is 14.5. The Morgan fingerprint density at radius 3 is 2.95 bits per heavy atom. The van der Waals surface area contributed by atoms with Crippen molar-refractivity contribution in [3.8, 4) is 6.07 Å². The topological polar surface area (TPSA) is 73.6 Å². The maximum Gasteiger partial charge on any atom is 0.224 e. The van der Waals surface area contributed by atoms with Crippen LogP contribution in [0.4, 0.5) is 21.8 Å². The smallest absolute Gasteiger partial charge is 0.224 e. The quantitative estimate of drug-likeness (QED) is 0.904. The molecule has 0 aliphatic rings. The van der Waals surface area contributed by atoms with E-state index in [9.17, 15) is 4.39 Å². The number of nitriles is 1. The van der Waals surface area contributed by atoms with Crippen LogP contribution < -0.4 is 10.6 Å². The largest absolute Gasteiger partial charge is 0.354 e. The Kier molecular flexibility index (Phi) is 4.33. The summed E-state index contributed by atoms with van der Waals surface area (Å²) in [6, 6.07) is 5.76. The van der Waals surface area contributed by atoms with E-state index in [1.165, 1.54) is 18.3 Å². The Balaban J connectivity index is 2.34. The number of nitrogens with zero attached hydrogens (tertiary/aromatic N) is 3. The van der Waals surface area contributed by atoms with Crippen LogP contribution in [0.3, 0.4) is 0 Å². The third-order valence-corrected chi connectivity index (χ3v) is 2.71. The van der Waals surface area contributed by atoms with Gasteiger partial charge in [-0.15, -0.1) is 0 Å². The fourth-order valence-electron chi connectivity index (χ4n) is 1.54. The molecule has 0 saturated heterocycles. The molecule has 2 N–H and O–H groups in total. The molecule has 0 bridgehead atoms. The minimum atomic E-state index is -0.478. The third kappa shape index (κ3) is 3.13. The minimum Gasteiger partial charge on any atom is -0.354 e. The lowest BCUT2D eigenvalue weighted by atomic mass is 10.2. The van der Waals surface area contributed by atoms with Gasteiger partial charge in [0, 0.05) is 6.54 Å². The SMILES string of the molecule is CCNc1ncc(Cl)c(Nc2ccc(F)cc2C#N)n1. The van der Waals surface area contributed by atoms with E-state index < -0.39 is 5.82 Å². The third-order valence-electron chi connectivity index (χ3n) is 2.43. The van der Waals surface area contributed by atoms with Gasteiger partial charge in [-0.25, -0.2) is 9.37 Å². The number of halogens is 2. The predicted molar refractivity (Wildman–Crippen MR) is 75.6 cm³/mol. The molecular weight excluding hydrogens is 281 g/mol. The first-order valence-corrected chi connectivity index (χ1v) is 6.25. The molecule has 0 fully saturated rings. The summed E-state index contributed by atoms with van der Waals surface area (Å²) in [6.45, 7) is 2.58. The van der Waals surface area contributed by atoms with Gasteiger partial charge in [0.15, 0.2) is 5.82 Å². The molecule has 0 amide bonds. The minimum absolute atomic E-state index is 0.171. The number of benzene rings is 1. The summed E-state index contributed by atoms with van der Waals surface area (Å²) in [5.41, 5.74) is 0.599. The summed E-state index contributed by atoms with van der Waals surface area (Å²) in [5.74, 6) is 0.287. The monoisotopic (exact) mass is 291 g/mol. The fraction of sp³-hybridized carbons (Fsp3) is 0.154. The molecule has 1 aromatic heterocycles. The van der Waals surface area contributed by atoms with Crippen LogP contribution in [0.1, 0.15) is 12.5 Å². The highest BCUT2D eigenvalue weighted by Gasteiger charge is 2.09. The molecular formula is C13H11ClFN5. The number of hydrogen-bond acceptors (Lipinski definition) is 5. The predicted octanol–water partition coefficient (Wildman–Crippen LogP) is 3.32. The first kappa shape index (κ1) is 14.0. The van der Waals surface area contributed by atoms with Crippen molar-refractivity contribution < 1.29 is 4.39 Å². The van der Waals surface area contributed by atoms with Crippen LogP contribution in [0.2, 0.25) is 5.02 Å². The lowest BCUT2D eigenvalue weighted by molar-refractivity contribution is 0.627. The maximum absolute atomic E-state index is 13.1. The fourth-order valence-corrected chi connectivity index (χ4v) is 1.68. The summed E-state index contributed by atoms with van der Waals surface area (Å²) in [7, 11) is 0. The second kappa shape index (κ2) is 6.17. The molecule has 0 aliphatic heterocycles. The molecule has 0 radical (unpaired) electrons. The average Bonchev–Trinajstić information content (AvgIpc) is 2.44. The first-order chi connectivity index (χ1) is 9.63. The van der Waals surface area contributed by atoms with Crippen LogP contribution in [-0.4, -0.2) is 16.5 Å². The summed E-state index contributed by atoms with van der Waals surface area (Å²) < 4.78 is 13.1. The van der Waals surface area contributed by atoms with Gasteiger partial charge in [0.25, 0.3) is 0 Å². The van der Waals surface area contributed by atoms with Crippen LogP contribution in [0.25, 0.3) is 0 Å². The van der Waals surface area contributed by atoms with Gasteiger partial charge >= 0.3 is 0 Å². The van der Waals surface area contributed by atoms with Crippen molar-refractivity contribution in [2.75, 3.05) is 17.2 Å². The summed E-state index contributed by atoms with van der Waals surface area (Å²) >= 11 is 6.00. The molecule has 0 spiro atoms. The van der Waals surface area contributed by atoms with Crippen molar-refractivity contribution in [3.63, 3.8) is 0 Å². The average molecular weight is 292 g/mol. The molecule has 0 atom stereocenters. The van der Waals surface area contributed by atoms with Crippen molar-refractivity contribution in [1.82, 2.24) is 9.97 Å². The zero-order valence-corrected chi connectivity index (χ0v) is 11.4. The van der Waals surface area contributed by atoms with Crippen LogP contribution in [0.5, 0.6) is 0 Å². The van der Waals surface area contributed by atoms with Gasteiger partial charge in [-0.3, -0.25) is 0 Å². The second-order valence-electron chi connectivity index (χ2n) is 3.85. The highest BCUT2D eigenvalue weighted by Crippen LogP contribution is 2.26. The Hall–Kier alpha value is -2.39. The zero-order valence-electron chi connectivity index (χ0n) is 10.6. The van der Waals surface area contributed by atoms with E-state index in [0.717, 1.165) is 6.07 Å². The van der Waals surface area contributed by atoms with E-state index in [1.54, 1.807) is 0 Å². The maximum atomic E-state index is 13.1. The molecule has 2 rings (SSSR count). The lowest BCUT2D eigenvalue weighted by Gasteiger charge is -2.10. The first-order valence-electron chi connectivity index (χ1n) is 5.87. The number of aromatic nitrogens is 2. The van der Waals surface area contributed by atoms with Gasteiger partial charge in [-0.1, -0.05) is 11.6 Å². The van der Waals surface area contributed by atoms with Crippen LogP contribution in [0, 0.1) is 17.1 Å². The van der Waals surface area contributed by atoms with Crippen molar-refractivity contribution in [2.45, 2.75) is 6.92 Å².